The molecule has 0 saturated carbocycles. The minimum absolute atomic E-state index is 0.158. The van der Waals surface area contributed by atoms with E-state index in [1.54, 1.807) is 12.1 Å². The molecular weight excluding hydrogens is 283 g/mol. The predicted octanol–water partition coefficient (Wildman–Crippen LogP) is 3.55. The molecule has 0 spiro atoms. The van der Waals surface area contributed by atoms with Crippen LogP contribution in [0.4, 0.5) is 13.2 Å². The number of fused-ring (bicyclic) bond motifs is 1. The van der Waals surface area contributed by atoms with Crippen LogP contribution >= 0.6 is 11.6 Å². The number of rotatable bonds is 2. The summed E-state index contributed by atoms with van der Waals surface area (Å²) in [6.07, 6.45) is -4.87. The van der Waals surface area contributed by atoms with Crippen molar-refractivity contribution in [2.24, 2.45) is 5.73 Å². The first kappa shape index (κ1) is 13.9. The zero-order valence-corrected chi connectivity index (χ0v) is 10.5. The van der Waals surface area contributed by atoms with Gasteiger partial charge in [-0.15, -0.1) is 0 Å². The molecule has 1 atom stereocenters. The lowest BCUT2D eigenvalue weighted by Gasteiger charge is -2.24. The van der Waals surface area contributed by atoms with E-state index in [-0.39, 0.29) is 10.6 Å². The van der Waals surface area contributed by atoms with Crippen molar-refractivity contribution in [3.05, 3.63) is 35.0 Å². The molecule has 0 bridgehead atoms. The summed E-state index contributed by atoms with van der Waals surface area (Å²) in [5, 5.41) is 0.649. The number of carbonyl (C=O) groups excluding carboxylic acids is 1. The van der Waals surface area contributed by atoms with E-state index in [2.05, 4.69) is 0 Å². The first-order valence-electron chi connectivity index (χ1n) is 5.23. The average Bonchev–Trinajstić information content (AvgIpc) is 2.71. The van der Waals surface area contributed by atoms with Gasteiger partial charge in [-0.25, -0.2) is 0 Å². The van der Waals surface area contributed by atoms with E-state index in [1.165, 1.54) is 12.1 Å². The van der Waals surface area contributed by atoms with Crippen LogP contribution in [0.25, 0.3) is 11.0 Å². The first-order chi connectivity index (χ1) is 8.64. The van der Waals surface area contributed by atoms with Gasteiger partial charge in [0.25, 0.3) is 0 Å². The maximum absolute atomic E-state index is 12.7. The molecule has 1 aromatic heterocycles. The van der Waals surface area contributed by atoms with Crippen LogP contribution in [0, 0.1) is 0 Å². The number of alkyl halides is 3. The number of hydrogen-bond donors (Lipinski definition) is 1. The van der Waals surface area contributed by atoms with Crippen LogP contribution in [0.1, 0.15) is 17.5 Å². The van der Waals surface area contributed by atoms with Crippen LogP contribution in [0.5, 0.6) is 0 Å². The van der Waals surface area contributed by atoms with Crippen LogP contribution < -0.4 is 5.73 Å². The molecule has 2 N–H and O–H groups in total. The van der Waals surface area contributed by atoms with Crippen LogP contribution in [0.2, 0.25) is 5.02 Å². The topological polar surface area (TPSA) is 56.2 Å². The molecule has 0 radical (unpaired) electrons. The van der Waals surface area contributed by atoms with Crippen LogP contribution in [-0.4, -0.2) is 17.5 Å². The van der Waals surface area contributed by atoms with Crippen molar-refractivity contribution < 1.29 is 22.4 Å². The molecule has 7 heteroatoms. The second-order valence-corrected chi connectivity index (χ2v) is 4.71. The van der Waals surface area contributed by atoms with Crippen molar-refractivity contribution >= 4 is 28.4 Å². The van der Waals surface area contributed by atoms with Crippen molar-refractivity contribution in [1.82, 2.24) is 0 Å². The Hall–Kier alpha value is -1.53. The number of furan rings is 1. The van der Waals surface area contributed by atoms with Gasteiger partial charge in [-0.1, -0.05) is 23.7 Å². The summed E-state index contributed by atoms with van der Waals surface area (Å²) in [4.78, 5) is 11.8. The van der Waals surface area contributed by atoms with Crippen molar-refractivity contribution in [2.45, 2.75) is 18.6 Å². The number of carbonyl (C=O) groups is 1. The number of nitrogens with two attached hydrogens (primary N) is 1. The van der Waals surface area contributed by atoms with E-state index in [0.717, 1.165) is 0 Å². The lowest BCUT2D eigenvalue weighted by atomic mass is 9.95. The number of Topliss-reactive ketones (excluding diaryl/α,β-unsaturated/α-hetero) is 1. The minimum Gasteiger partial charge on any atom is -0.451 e. The lowest BCUT2D eigenvalue weighted by Crippen LogP contribution is -2.57. The molecule has 0 aliphatic heterocycles. The molecule has 102 valence electrons. The van der Waals surface area contributed by atoms with Crippen molar-refractivity contribution in [3.63, 3.8) is 0 Å². The Labute approximate surface area is 111 Å². The zero-order chi connectivity index (χ0) is 14.4. The van der Waals surface area contributed by atoms with Gasteiger partial charge >= 0.3 is 6.18 Å². The fraction of sp³-hybridized carbons (Fsp3) is 0.250. The first-order valence-corrected chi connectivity index (χ1v) is 5.61. The van der Waals surface area contributed by atoms with Gasteiger partial charge in [-0.05, 0) is 19.1 Å². The molecule has 2 aromatic rings. The van der Waals surface area contributed by atoms with E-state index in [4.69, 9.17) is 21.8 Å². The molecular formula is C12H9ClF3NO2. The standard InChI is InChI=1S/C12H9ClF3NO2/c1-11(17,12(14,15)16)10(18)8-5-6-3-2-4-7(13)9(6)19-8/h2-5H,17H2,1H3. The van der Waals surface area contributed by atoms with E-state index >= 15 is 0 Å². The molecule has 1 heterocycles. The van der Waals surface area contributed by atoms with Gasteiger partial charge in [-0.2, -0.15) is 13.2 Å². The summed E-state index contributed by atoms with van der Waals surface area (Å²) in [5.41, 5.74) is 2.21. The van der Waals surface area contributed by atoms with E-state index < -0.39 is 23.3 Å². The number of hydrogen-bond acceptors (Lipinski definition) is 3. The second-order valence-electron chi connectivity index (χ2n) is 4.30. The Kier molecular flexibility index (Phi) is 3.10. The number of para-hydroxylation sites is 1. The van der Waals surface area contributed by atoms with Gasteiger partial charge in [-0.3, -0.25) is 4.79 Å². The molecule has 1 aromatic carbocycles. The molecule has 0 amide bonds. The Balaban J connectivity index is 2.51. The Bertz CT molecular complexity index is 646. The van der Waals surface area contributed by atoms with Crippen molar-refractivity contribution in [3.8, 4) is 0 Å². The summed E-state index contributed by atoms with van der Waals surface area (Å²) in [6.45, 7) is 0.601. The third kappa shape index (κ3) is 2.21. The summed E-state index contributed by atoms with van der Waals surface area (Å²) in [6, 6.07) is 5.87. The largest absolute Gasteiger partial charge is 0.451 e. The summed E-state index contributed by atoms with van der Waals surface area (Å²) >= 11 is 5.82. The van der Waals surface area contributed by atoms with Gasteiger partial charge in [0.2, 0.25) is 5.78 Å². The van der Waals surface area contributed by atoms with Crippen LogP contribution in [0.15, 0.2) is 28.7 Å². The van der Waals surface area contributed by atoms with Gasteiger partial charge < -0.3 is 10.2 Å². The molecule has 0 aliphatic rings. The molecule has 0 saturated heterocycles. The molecule has 1 unspecified atom stereocenters. The maximum atomic E-state index is 12.7. The van der Waals surface area contributed by atoms with Gasteiger partial charge in [0, 0.05) is 5.39 Å². The predicted molar refractivity (Wildman–Crippen MR) is 64.2 cm³/mol. The third-order valence-corrected chi connectivity index (χ3v) is 3.08. The number of benzene rings is 1. The lowest BCUT2D eigenvalue weighted by molar-refractivity contribution is -0.166. The zero-order valence-electron chi connectivity index (χ0n) is 9.72. The molecule has 2 rings (SSSR count). The monoisotopic (exact) mass is 291 g/mol. The smallest absolute Gasteiger partial charge is 0.413 e. The summed E-state index contributed by atoms with van der Waals surface area (Å²) < 4.78 is 43.2. The third-order valence-electron chi connectivity index (χ3n) is 2.78. The average molecular weight is 292 g/mol. The highest BCUT2D eigenvalue weighted by molar-refractivity contribution is 6.34. The van der Waals surface area contributed by atoms with Gasteiger partial charge in [0.1, 0.15) is 0 Å². The van der Waals surface area contributed by atoms with Crippen molar-refractivity contribution in [2.75, 3.05) is 0 Å². The minimum atomic E-state index is -4.87. The normalized spacial score (nSPS) is 15.5. The summed E-state index contributed by atoms with van der Waals surface area (Å²) in [7, 11) is 0. The highest BCUT2D eigenvalue weighted by atomic mass is 35.5. The Morgan fingerprint density at radius 2 is 2.00 bits per heavy atom. The Morgan fingerprint density at radius 3 is 2.53 bits per heavy atom. The Morgan fingerprint density at radius 1 is 1.37 bits per heavy atom. The second kappa shape index (κ2) is 4.25. The fourth-order valence-electron chi connectivity index (χ4n) is 1.52. The van der Waals surface area contributed by atoms with E-state index in [1.807, 2.05) is 0 Å². The quantitative estimate of drug-likeness (QED) is 0.861. The number of halogens is 4. The van der Waals surface area contributed by atoms with E-state index in [0.29, 0.717) is 12.3 Å². The fourth-order valence-corrected chi connectivity index (χ4v) is 1.74. The molecule has 19 heavy (non-hydrogen) atoms. The van der Waals surface area contributed by atoms with Gasteiger partial charge in [0.05, 0.1) is 5.02 Å². The molecule has 0 fully saturated rings. The molecule has 3 nitrogen and oxygen atoms in total. The van der Waals surface area contributed by atoms with Crippen LogP contribution in [0.3, 0.4) is 0 Å². The van der Waals surface area contributed by atoms with Crippen LogP contribution in [-0.2, 0) is 0 Å². The highest BCUT2D eigenvalue weighted by Gasteiger charge is 2.54. The SMILES string of the molecule is CC(N)(C(=O)c1cc2cccc(Cl)c2o1)C(F)(F)F. The molecule has 0 aliphatic carbocycles. The van der Waals surface area contributed by atoms with Gasteiger partial charge in [0.15, 0.2) is 16.9 Å². The number of ketones is 1. The maximum Gasteiger partial charge on any atom is 0.413 e. The summed E-state index contributed by atoms with van der Waals surface area (Å²) in [5.74, 6) is -1.81. The van der Waals surface area contributed by atoms with Crippen molar-refractivity contribution in [1.29, 1.82) is 0 Å². The van der Waals surface area contributed by atoms with E-state index in [9.17, 15) is 18.0 Å². The highest BCUT2D eigenvalue weighted by Crippen LogP contribution is 2.33.